The smallest absolute Gasteiger partial charge is 0.210 e. The lowest BCUT2D eigenvalue weighted by Gasteiger charge is -2.12. The number of aryl methyl sites for hydroxylation is 3. The molecule has 1 N–H and O–H groups in total. The predicted octanol–water partition coefficient (Wildman–Crippen LogP) is 6.93. The van der Waals surface area contributed by atoms with Crippen LogP contribution in [0, 0.1) is 6.92 Å². The Labute approximate surface area is 197 Å². The molecule has 0 spiro atoms. The number of hydrogen-bond donors (Lipinski definition) is 1. The molecule has 162 valence electrons. The molecule has 4 nitrogen and oxygen atoms in total. The molecule has 0 radical (unpaired) electrons. The molecule has 5 heteroatoms. The summed E-state index contributed by atoms with van der Waals surface area (Å²) in [6.45, 7) is 6.42. The van der Waals surface area contributed by atoms with Gasteiger partial charge < -0.3 is 5.32 Å². The van der Waals surface area contributed by atoms with Crippen LogP contribution in [0.25, 0.3) is 27.9 Å². The van der Waals surface area contributed by atoms with Crippen LogP contribution >= 0.6 is 11.3 Å². The van der Waals surface area contributed by atoms with Gasteiger partial charge in [-0.2, -0.15) is 0 Å². The van der Waals surface area contributed by atoms with Crippen molar-refractivity contribution in [1.29, 1.82) is 0 Å². The SMILES string of the molecule is C=C(Nc1nnc(CCc2ccc(C)cc2)s1)c1cc(-c2ccccc2)nc2ccccc12. The fourth-order valence-corrected chi connectivity index (χ4v) is 4.55. The van der Waals surface area contributed by atoms with E-state index in [1.54, 1.807) is 11.3 Å². The third kappa shape index (κ3) is 4.83. The van der Waals surface area contributed by atoms with Crippen LogP contribution in [0.3, 0.4) is 0 Å². The van der Waals surface area contributed by atoms with Gasteiger partial charge >= 0.3 is 0 Å². The van der Waals surface area contributed by atoms with Crippen LogP contribution in [-0.4, -0.2) is 15.2 Å². The highest BCUT2D eigenvalue weighted by Crippen LogP contribution is 2.30. The summed E-state index contributed by atoms with van der Waals surface area (Å²) in [5.41, 5.74) is 7.32. The van der Waals surface area contributed by atoms with E-state index in [4.69, 9.17) is 4.98 Å². The van der Waals surface area contributed by atoms with Crippen molar-refractivity contribution in [2.45, 2.75) is 19.8 Å². The van der Waals surface area contributed by atoms with Crippen LogP contribution in [0.5, 0.6) is 0 Å². The van der Waals surface area contributed by atoms with E-state index in [-0.39, 0.29) is 0 Å². The van der Waals surface area contributed by atoms with Gasteiger partial charge in [-0.25, -0.2) is 4.98 Å². The van der Waals surface area contributed by atoms with E-state index in [0.29, 0.717) is 0 Å². The lowest BCUT2D eigenvalue weighted by molar-refractivity contribution is 0.905. The van der Waals surface area contributed by atoms with Gasteiger partial charge in [-0.3, -0.25) is 0 Å². The first-order valence-corrected chi connectivity index (χ1v) is 11.8. The number of nitrogens with one attached hydrogen (secondary N) is 1. The minimum absolute atomic E-state index is 0.751. The normalized spacial score (nSPS) is 10.9. The van der Waals surface area contributed by atoms with Gasteiger partial charge in [0, 0.05) is 28.6 Å². The molecule has 0 unspecified atom stereocenters. The number of anilines is 1. The van der Waals surface area contributed by atoms with Gasteiger partial charge in [0.2, 0.25) is 5.13 Å². The molecule has 0 bridgehead atoms. The Morgan fingerprint density at radius 3 is 2.45 bits per heavy atom. The molecule has 0 saturated carbocycles. The van der Waals surface area contributed by atoms with Gasteiger partial charge in [-0.15, -0.1) is 10.2 Å². The summed E-state index contributed by atoms with van der Waals surface area (Å²) < 4.78 is 0. The molecule has 33 heavy (non-hydrogen) atoms. The minimum atomic E-state index is 0.751. The fourth-order valence-electron chi connectivity index (χ4n) is 3.79. The second-order valence-corrected chi connectivity index (χ2v) is 9.09. The molecule has 0 aliphatic carbocycles. The van der Waals surface area contributed by atoms with Gasteiger partial charge in [0.1, 0.15) is 5.01 Å². The highest BCUT2D eigenvalue weighted by Gasteiger charge is 2.12. The van der Waals surface area contributed by atoms with Crippen molar-refractivity contribution in [3.05, 3.63) is 113 Å². The van der Waals surface area contributed by atoms with Crippen LogP contribution in [0.2, 0.25) is 0 Å². The number of fused-ring (bicyclic) bond motifs is 1. The predicted molar refractivity (Wildman–Crippen MR) is 138 cm³/mol. The zero-order chi connectivity index (χ0) is 22.6. The van der Waals surface area contributed by atoms with Crippen LogP contribution in [0.15, 0.2) is 91.5 Å². The lowest BCUT2D eigenvalue weighted by Crippen LogP contribution is -2.00. The summed E-state index contributed by atoms with van der Waals surface area (Å²) >= 11 is 1.57. The molecule has 5 rings (SSSR count). The first-order valence-electron chi connectivity index (χ1n) is 11.0. The molecule has 0 amide bonds. The first kappa shape index (κ1) is 21.0. The summed E-state index contributed by atoms with van der Waals surface area (Å²) in [5, 5.41) is 14.9. The van der Waals surface area contributed by atoms with Gasteiger partial charge in [0.15, 0.2) is 0 Å². The Kier molecular flexibility index (Phi) is 5.96. The maximum absolute atomic E-state index is 4.86. The third-order valence-electron chi connectivity index (χ3n) is 5.58. The summed E-state index contributed by atoms with van der Waals surface area (Å²) in [6.07, 6.45) is 1.82. The summed E-state index contributed by atoms with van der Waals surface area (Å²) in [6, 6.07) is 29.1. The van der Waals surface area contributed by atoms with Gasteiger partial charge in [-0.1, -0.05) is 96.3 Å². The van der Waals surface area contributed by atoms with Gasteiger partial charge in [-0.05, 0) is 31.0 Å². The molecule has 0 aliphatic rings. The highest BCUT2D eigenvalue weighted by molar-refractivity contribution is 7.15. The Balaban J connectivity index is 1.36. The third-order valence-corrected chi connectivity index (χ3v) is 6.48. The van der Waals surface area contributed by atoms with Crippen LogP contribution in [-0.2, 0) is 12.8 Å². The number of aromatic nitrogens is 3. The average molecular weight is 449 g/mol. The molecule has 0 saturated heterocycles. The van der Waals surface area contributed by atoms with E-state index in [1.807, 2.05) is 36.4 Å². The van der Waals surface area contributed by atoms with Gasteiger partial charge in [0.05, 0.1) is 11.2 Å². The van der Waals surface area contributed by atoms with Gasteiger partial charge in [0.25, 0.3) is 0 Å². The number of hydrogen-bond acceptors (Lipinski definition) is 5. The maximum atomic E-state index is 4.86. The second kappa shape index (κ2) is 9.35. The van der Waals surface area contributed by atoms with Crippen molar-refractivity contribution in [3.63, 3.8) is 0 Å². The number of rotatable bonds is 7. The number of para-hydroxylation sites is 1. The van der Waals surface area contributed by atoms with E-state index in [9.17, 15) is 0 Å². The molecule has 0 fully saturated rings. The molecular weight excluding hydrogens is 424 g/mol. The molecule has 2 aromatic heterocycles. The molecular formula is C28H24N4S. The van der Waals surface area contributed by atoms with Crippen LogP contribution in [0.1, 0.15) is 21.7 Å². The average Bonchev–Trinajstić information content (AvgIpc) is 3.30. The molecule has 3 aromatic carbocycles. The first-order chi connectivity index (χ1) is 16.2. The van der Waals surface area contributed by atoms with Crippen molar-refractivity contribution in [2.75, 3.05) is 5.32 Å². The van der Waals surface area contributed by atoms with Crippen molar-refractivity contribution >= 4 is 33.1 Å². The van der Waals surface area contributed by atoms with Crippen LogP contribution < -0.4 is 5.32 Å². The summed E-state index contributed by atoms with van der Waals surface area (Å²) in [4.78, 5) is 4.86. The van der Waals surface area contributed by atoms with E-state index < -0.39 is 0 Å². The van der Waals surface area contributed by atoms with Crippen molar-refractivity contribution in [1.82, 2.24) is 15.2 Å². The van der Waals surface area contributed by atoms with Crippen molar-refractivity contribution in [2.24, 2.45) is 0 Å². The molecule has 5 aromatic rings. The van der Waals surface area contributed by atoms with E-state index >= 15 is 0 Å². The quantitative estimate of drug-likeness (QED) is 0.293. The van der Waals surface area contributed by atoms with Crippen molar-refractivity contribution < 1.29 is 0 Å². The maximum Gasteiger partial charge on any atom is 0.210 e. The second-order valence-electron chi connectivity index (χ2n) is 8.03. The zero-order valence-corrected chi connectivity index (χ0v) is 19.3. The summed E-state index contributed by atoms with van der Waals surface area (Å²) in [5.74, 6) is 0. The summed E-state index contributed by atoms with van der Waals surface area (Å²) in [7, 11) is 0. The standard InChI is InChI=1S/C28H24N4S/c1-19-12-14-21(15-13-19)16-17-27-31-32-28(33-27)29-20(2)24-18-26(22-8-4-3-5-9-22)30-25-11-7-6-10-23(24)25/h3-15,18H,2,16-17H2,1H3,(H,29,32). The number of pyridine rings is 1. The monoisotopic (exact) mass is 448 g/mol. The van der Waals surface area contributed by atoms with E-state index in [0.717, 1.165) is 56.4 Å². The zero-order valence-electron chi connectivity index (χ0n) is 18.5. The number of benzene rings is 3. The Bertz CT molecular complexity index is 1410. The highest BCUT2D eigenvalue weighted by atomic mass is 32.1. The topological polar surface area (TPSA) is 50.7 Å². The minimum Gasteiger partial charge on any atom is -0.330 e. The van der Waals surface area contributed by atoms with E-state index in [1.165, 1.54) is 11.1 Å². The Hall–Kier alpha value is -3.83. The fraction of sp³-hybridized carbons (Fsp3) is 0.107. The number of nitrogens with zero attached hydrogens (tertiary/aromatic N) is 3. The van der Waals surface area contributed by atoms with E-state index in [2.05, 4.69) is 77.5 Å². The Morgan fingerprint density at radius 2 is 1.64 bits per heavy atom. The molecule has 0 atom stereocenters. The largest absolute Gasteiger partial charge is 0.330 e. The molecule has 2 heterocycles. The Morgan fingerprint density at radius 1 is 0.879 bits per heavy atom. The van der Waals surface area contributed by atoms with Crippen LogP contribution in [0.4, 0.5) is 5.13 Å². The van der Waals surface area contributed by atoms with Crippen molar-refractivity contribution in [3.8, 4) is 11.3 Å². The molecule has 0 aliphatic heterocycles. The lowest BCUT2D eigenvalue weighted by atomic mass is 10.0.